The number of H-pyrrole nitrogens is 1. The highest BCUT2D eigenvalue weighted by atomic mass is 16.2. The number of rotatable bonds is 9. The van der Waals surface area contributed by atoms with Gasteiger partial charge in [-0.25, -0.2) is 4.79 Å². The molecule has 3 amide bonds. The molecule has 1 aliphatic heterocycles. The summed E-state index contributed by atoms with van der Waals surface area (Å²) in [7, 11) is 0. The Bertz CT molecular complexity index is 1270. The molecule has 1 aliphatic carbocycles. The van der Waals surface area contributed by atoms with E-state index in [0.29, 0.717) is 25.8 Å². The van der Waals surface area contributed by atoms with Crippen molar-refractivity contribution in [3.8, 4) is 0 Å². The molecule has 0 radical (unpaired) electrons. The maximum atomic E-state index is 13.5. The third kappa shape index (κ3) is 4.89. The molecule has 1 aromatic heterocycles. The molecule has 190 valence electrons. The minimum absolute atomic E-state index is 0.0377. The van der Waals surface area contributed by atoms with Gasteiger partial charge in [-0.05, 0) is 24.8 Å². The molecule has 0 spiro atoms. The van der Waals surface area contributed by atoms with Gasteiger partial charge in [-0.1, -0.05) is 55.8 Å². The summed E-state index contributed by atoms with van der Waals surface area (Å²) < 4.78 is 1.26. The Kier molecular flexibility index (Phi) is 7.52. The summed E-state index contributed by atoms with van der Waals surface area (Å²) in [5, 5.41) is 0. The van der Waals surface area contributed by atoms with Gasteiger partial charge in [0.15, 0.2) is 5.69 Å². The van der Waals surface area contributed by atoms with Crippen molar-refractivity contribution in [2.75, 3.05) is 17.2 Å². The summed E-state index contributed by atoms with van der Waals surface area (Å²) in [4.78, 5) is 69.1. The number of hydrogen-bond acceptors (Lipinski definition) is 6. The van der Waals surface area contributed by atoms with E-state index in [4.69, 9.17) is 5.73 Å². The topological polar surface area (TPSA) is 139 Å². The van der Waals surface area contributed by atoms with Gasteiger partial charge in [0.05, 0.1) is 18.4 Å². The van der Waals surface area contributed by atoms with Crippen LogP contribution in [0.3, 0.4) is 0 Å². The number of nitrogen functional groups attached to an aromatic ring is 1. The summed E-state index contributed by atoms with van der Waals surface area (Å²) >= 11 is 0. The van der Waals surface area contributed by atoms with E-state index in [1.807, 2.05) is 49.4 Å². The molecular formula is C26H31N5O5. The van der Waals surface area contributed by atoms with Crippen LogP contribution >= 0.6 is 0 Å². The van der Waals surface area contributed by atoms with Crippen LogP contribution in [0.2, 0.25) is 0 Å². The molecule has 4 rings (SSSR count). The largest absolute Gasteiger partial charge is 0.383 e. The fourth-order valence-corrected chi connectivity index (χ4v) is 4.87. The van der Waals surface area contributed by atoms with Crippen molar-refractivity contribution in [2.24, 2.45) is 11.8 Å². The van der Waals surface area contributed by atoms with Crippen LogP contribution in [0.1, 0.15) is 44.6 Å². The number of anilines is 2. The Morgan fingerprint density at radius 1 is 1.03 bits per heavy atom. The molecule has 2 aromatic rings. The summed E-state index contributed by atoms with van der Waals surface area (Å²) in [5.74, 6) is -1.85. The van der Waals surface area contributed by atoms with Gasteiger partial charge >= 0.3 is 5.69 Å². The van der Waals surface area contributed by atoms with Crippen molar-refractivity contribution in [3.05, 3.63) is 68.9 Å². The minimum atomic E-state index is -0.764. The van der Waals surface area contributed by atoms with E-state index in [2.05, 4.69) is 4.98 Å². The molecule has 2 atom stereocenters. The predicted octanol–water partition coefficient (Wildman–Crippen LogP) is 1.79. The third-order valence-electron chi connectivity index (χ3n) is 6.85. The predicted molar refractivity (Wildman–Crippen MR) is 135 cm³/mol. The van der Waals surface area contributed by atoms with E-state index in [0.717, 1.165) is 16.9 Å². The molecule has 1 saturated heterocycles. The van der Waals surface area contributed by atoms with Gasteiger partial charge in [-0.3, -0.25) is 33.6 Å². The molecule has 10 nitrogen and oxygen atoms in total. The SMILES string of the molecule is CCCCn1c(N)c(N(Cc2ccccc2)C(=O)CCN2C(=O)C3CC=CCC3C2=O)c(=O)[nH]c1=O. The summed E-state index contributed by atoms with van der Waals surface area (Å²) in [5.41, 5.74) is 5.52. The van der Waals surface area contributed by atoms with E-state index in [1.165, 1.54) is 9.47 Å². The van der Waals surface area contributed by atoms with E-state index in [1.54, 1.807) is 0 Å². The fraction of sp³-hybridized carbons (Fsp3) is 0.423. The molecule has 1 aromatic carbocycles. The lowest BCUT2D eigenvalue weighted by molar-refractivity contribution is -0.140. The zero-order chi connectivity index (χ0) is 25.8. The lowest BCUT2D eigenvalue weighted by Gasteiger charge is -2.25. The van der Waals surface area contributed by atoms with Gasteiger partial charge in [0, 0.05) is 19.5 Å². The van der Waals surface area contributed by atoms with Crippen LogP contribution in [0.4, 0.5) is 11.5 Å². The van der Waals surface area contributed by atoms with Crippen LogP contribution in [0.25, 0.3) is 0 Å². The van der Waals surface area contributed by atoms with Gasteiger partial charge in [-0.2, -0.15) is 0 Å². The van der Waals surface area contributed by atoms with Crippen LogP contribution < -0.4 is 21.9 Å². The number of imide groups is 1. The second kappa shape index (κ2) is 10.8. The second-order valence-electron chi connectivity index (χ2n) is 9.20. The van der Waals surface area contributed by atoms with Crippen molar-refractivity contribution in [2.45, 2.75) is 52.1 Å². The lowest BCUT2D eigenvalue weighted by Crippen LogP contribution is -2.42. The molecule has 0 saturated carbocycles. The van der Waals surface area contributed by atoms with Crippen molar-refractivity contribution in [3.63, 3.8) is 0 Å². The monoisotopic (exact) mass is 493 g/mol. The summed E-state index contributed by atoms with van der Waals surface area (Å²) in [6, 6.07) is 9.07. The maximum absolute atomic E-state index is 13.5. The number of allylic oxidation sites excluding steroid dienone is 2. The molecule has 1 fully saturated rings. The van der Waals surface area contributed by atoms with Crippen LogP contribution in [-0.2, 0) is 27.5 Å². The maximum Gasteiger partial charge on any atom is 0.330 e. The number of nitrogens with one attached hydrogen (secondary N) is 1. The first-order valence-corrected chi connectivity index (χ1v) is 12.3. The van der Waals surface area contributed by atoms with Gasteiger partial charge in [0.1, 0.15) is 5.82 Å². The molecule has 0 bridgehead atoms. The van der Waals surface area contributed by atoms with E-state index in [-0.39, 0.29) is 54.7 Å². The molecule has 36 heavy (non-hydrogen) atoms. The number of aromatic amines is 1. The first-order chi connectivity index (χ1) is 17.3. The summed E-state index contributed by atoms with van der Waals surface area (Å²) in [6.45, 7) is 2.22. The zero-order valence-corrected chi connectivity index (χ0v) is 20.3. The Morgan fingerprint density at radius 2 is 1.67 bits per heavy atom. The average Bonchev–Trinajstić information content (AvgIpc) is 3.11. The first-order valence-electron chi connectivity index (χ1n) is 12.3. The third-order valence-corrected chi connectivity index (χ3v) is 6.85. The van der Waals surface area contributed by atoms with Crippen LogP contribution in [0, 0.1) is 11.8 Å². The molecule has 2 aliphatic rings. The number of amides is 3. The first kappa shape index (κ1) is 25.2. The number of carbonyl (C=O) groups is 3. The van der Waals surface area contributed by atoms with E-state index < -0.39 is 17.2 Å². The highest BCUT2D eigenvalue weighted by Crippen LogP contribution is 2.35. The number of benzene rings is 1. The van der Waals surface area contributed by atoms with Crippen molar-refractivity contribution in [1.82, 2.24) is 14.5 Å². The van der Waals surface area contributed by atoms with Gasteiger partial charge in [-0.15, -0.1) is 0 Å². The van der Waals surface area contributed by atoms with Crippen molar-refractivity contribution in [1.29, 1.82) is 0 Å². The second-order valence-corrected chi connectivity index (χ2v) is 9.20. The molecule has 2 heterocycles. The Hall–Kier alpha value is -3.95. The number of hydrogen-bond donors (Lipinski definition) is 2. The highest BCUT2D eigenvalue weighted by Gasteiger charge is 2.47. The van der Waals surface area contributed by atoms with Crippen molar-refractivity contribution < 1.29 is 14.4 Å². The number of carbonyl (C=O) groups excluding carboxylic acids is 3. The highest BCUT2D eigenvalue weighted by molar-refractivity contribution is 6.06. The molecular weight excluding hydrogens is 462 g/mol. The molecule has 10 heteroatoms. The minimum Gasteiger partial charge on any atom is -0.383 e. The Balaban J connectivity index is 1.63. The number of likely N-dealkylation sites (tertiary alicyclic amines) is 1. The Labute approximate surface area is 208 Å². The quantitative estimate of drug-likeness (QED) is 0.403. The average molecular weight is 494 g/mol. The van der Waals surface area contributed by atoms with Gasteiger partial charge in [0.25, 0.3) is 5.56 Å². The fourth-order valence-electron chi connectivity index (χ4n) is 4.87. The van der Waals surface area contributed by atoms with E-state index >= 15 is 0 Å². The number of fused-ring (bicyclic) bond motifs is 1. The Morgan fingerprint density at radius 3 is 2.28 bits per heavy atom. The molecule has 2 unspecified atom stereocenters. The van der Waals surface area contributed by atoms with Gasteiger partial charge < -0.3 is 10.6 Å². The standard InChI is InChI=1S/C26H31N5O5/c1-2-3-14-29-22(27)21(23(33)28-26(29)36)31(16-17-9-5-4-6-10-17)20(32)13-15-30-24(34)18-11-7-8-12-19(18)25(30)35/h4-10,18-19H,2-3,11-16,27H2,1H3,(H,28,33,36). The molecule has 3 N–H and O–H groups in total. The zero-order valence-electron chi connectivity index (χ0n) is 20.3. The normalized spacial score (nSPS) is 19.0. The number of nitrogens with zero attached hydrogens (tertiary/aromatic N) is 3. The van der Waals surface area contributed by atoms with E-state index in [9.17, 15) is 24.0 Å². The van der Waals surface area contributed by atoms with Crippen molar-refractivity contribution >= 4 is 29.2 Å². The van der Waals surface area contributed by atoms with Crippen LogP contribution in [-0.4, -0.2) is 38.7 Å². The number of aromatic nitrogens is 2. The lowest BCUT2D eigenvalue weighted by atomic mass is 9.85. The van der Waals surface area contributed by atoms with Crippen LogP contribution in [0.15, 0.2) is 52.1 Å². The summed E-state index contributed by atoms with van der Waals surface area (Å²) in [6.07, 6.45) is 6.15. The number of unbranched alkanes of at least 4 members (excludes halogenated alkanes) is 1. The smallest absolute Gasteiger partial charge is 0.330 e. The van der Waals surface area contributed by atoms with Gasteiger partial charge in [0.2, 0.25) is 17.7 Å². The number of nitrogens with two attached hydrogens (primary N) is 1. The van der Waals surface area contributed by atoms with Crippen LogP contribution in [0.5, 0.6) is 0 Å².